The number of benzene rings is 1. The number of hydrogen-bond donors (Lipinski definition) is 2. The molecule has 1 aromatic carbocycles. The molecule has 0 radical (unpaired) electrons. The normalized spacial score (nSPS) is 10.8. The van der Waals surface area contributed by atoms with Crippen molar-refractivity contribution in [3.05, 3.63) is 46.9 Å². The van der Waals surface area contributed by atoms with Crippen LogP contribution in [0, 0.1) is 6.92 Å². The maximum absolute atomic E-state index is 12.4. The number of nitrogens with one attached hydrogen (secondary N) is 2. The molecule has 2 aromatic rings. The maximum Gasteiger partial charge on any atom is 0.270 e. The van der Waals surface area contributed by atoms with E-state index >= 15 is 0 Å². The Bertz CT molecular complexity index is 736. The van der Waals surface area contributed by atoms with Gasteiger partial charge in [0, 0.05) is 24.8 Å². The van der Waals surface area contributed by atoms with Gasteiger partial charge < -0.3 is 15.5 Å². The number of hydrogen-bond acceptors (Lipinski definition) is 5. The molecular formula is C20H29N5O. The highest BCUT2D eigenvalue weighted by atomic mass is 16.1. The molecular weight excluding hydrogens is 326 g/mol. The molecule has 0 saturated carbocycles. The molecule has 0 aliphatic carbocycles. The minimum Gasteiger partial charge on any atom is -0.349 e. The van der Waals surface area contributed by atoms with E-state index in [9.17, 15) is 4.79 Å². The molecule has 26 heavy (non-hydrogen) atoms. The molecule has 1 amide bonds. The summed E-state index contributed by atoms with van der Waals surface area (Å²) in [5, 5.41) is 6.31. The van der Waals surface area contributed by atoms with Crippen molar-refractivity contribution in [3.8, 4) is 0 Å². The lowest BCUT2D eigenvalue weighted by atomic mass is 10.0. The molecule has 0 saturated heterocycles. The van der Waals surface area contributed by atoms with Crippen molar-refractivity contribution in [3.63, 3.8) is 0 Å². The second-order valence-corrected chi connectivity index (χ2v) is 6.53. The Morgan fingerprint density at radius 1 is 1.12 bits per heavy atom. The van der Waals surface area contributed by atoms with E-state index in [1.165, 1.54) is 11.1 Å². The molecule has 6 heteroatoms. The second-order valence-electron chi connectivity index (χ2n) is 6.53. The molecule has 2 rings (SSSR count). The zero-order valence-corrected chi connectivity index (χ0v) is 16.4. The average Bonchev–Trinajstić information content (AvgIpc) is 2.61. The summed E-state index contributed by atoms with van der Waals surface area (Å²) in [4.78, 5) is 23.1. The standard InChI is InChI=1S/C20H29N5O/c1-6-15-9-8-10-16(7-2)19(15)24-18-13-17(22-14(3)23-18)20(26)21-11-12-25(4)5/h8-10,13H,6-7,11-12H2,1-5H3,(H,21,26)(H,22,23,24). The third-order valence-electron chi connectivity index (χ3n) is 4.17. The zero-order chi connectivity index (χ0) is 19.1. The van der Waals surface area contributed by atoms with Crippen LogP contribution in [0.25, 0.3) is 0 Å². The van der Waals surface area contributed by atoms with E-state index in [0.29, 0.717) is 23.9 Å². The molecule has 1 heterocycles. The summed E-state index contributed by atoms with van der Waals surface area (Å²) in [6, 6.07) is 8.02. The quantitative estimate of drug-likeness (QED) is 0.762. The molecule has 0 fully saturated rings. The molecule has 0 spiro atoms. The third-order valence-corrected chi connectivity index (χ3v) is 4.17. The number of carbonyl (C=O) groups excluding carboxylic acids is 1. The van der Waals surface area contributed by atoms with Gasteiger partial charge in [0.25, 0.3) is 5.91 Å². The van der Waals surface area contributed by atoms with Crippen molar-refractivity contribution in [2.24, 2.45) is 0 Å². The minimum atomic E-state index is -0.181. The highest BCUT2D eigenvalue weighted by Crippen LogP contribution is 2.26. The van der Waals surface area contributed by atoms with Gasteiger partial charge >= 0.3 is 0 Å². The van der Waals surface area contributed by atoms with Gasteiger partial charge in [-0.1, -0.05) is 32.0 Å². The molecule has 0 atom stereocenters. The van der Waals surface area contributed by atoms with Crippen LogP contribution in [-0.4, -0.2) is 48.0 Å². The van der Waals surface area contributed by atoms with Crippen LogP contribution in [0.5, 0.6) is 0 Å². The van der Waals surface area contributed by atoms with E-state index in [0.717, 1.165) is 25.1 Å². The van der Waals surface area contributed by atoms with Crippen LogP contribution < -0.4 is 10.6 Å². The second kappa shape index (κ2) is 9.29. The van der Waals surface area contributed by atoms with E-state index in [1.807, 2.05) is 19.0 Å². The predicted molar refractivity (Wildman–Crippen MR) is 106 cm³/mol. The van der Waals surface area contributed by atoms with Crippen LogP contribution in [0.1, 0.15) is 41.3 Å². The average molecular weight is 355 g/mol. The van der Waals surface area contributed by atoms with Crippen LogP contribution in [-0.2, 0) is 12.8 Å². The molecule has 0 aliphatic rings. The van der Waals surface area contributed by atoms with E-state index < -0.39 is 0 Å². The van der Waals surface area contributed by atoms with Gasteiger partial charge in [0.1, 0.15) is 17.3 Å². The Labute approximate surface area is 156 Å². The van der Waals surface area contributed by atoms with Crippen molar-refractivity contribution >= 4 is 17.4 Å². The lowest BCUT2D eigenvalue weighted by Gasteiger charge is -2.16. The van der Waals surface area contributed by atoms with Crippen LogP contribution in [0.4, 0.5) is 11.5 Å². The summed E-state index contributed by atoms with van der Waals surface area (Å²) in [5.74, 6) is 1.03. The maximum atomic E-state index is 12.4. The topological polar surface area (TPSA) is 70.2 Å². The summed E-state index contributed by atoms with van der Waals surface area (Å²) in [5.41, 5.74) is 3.93. The van der Waals surface area contributed by atoms with Crippen LogP contribution in [0.15, 0.2) is 24.3 Å². The lowest BCUT2D eigenvalue weighted by molar-refractivity contribution is 0.0945. The molecule has 0 unspecified atom stereocenters. The smallest absolute Gasteiger partial charge is 0.270 e. The number of nitrogens with zero attached hydrogens (tertiary/aromatic N) is 3. The largest absolute Gasteiger partial charge is 0.349 e. The monoisotopic (exact) mass is 355 g/mol. The van der Waals surface area contributed by atoms with E-state index in [2.05, 4.69) is 52.6 Å². The third kappa shape index (κ3) is 5.26. The summed E-state index contributed by atoms with van der Waals surface area (Å²) in [7, 11) is 3.94. The number of para-hydroxylation sites is 1. The predicted octanol–water partition coefficient (Wildman–Crippen LogP) is 2.94. The summed E-state index contributed by atoms with van der Waals surface area (Å²) < 4.78 is 0. The zero-order valence-electron chi connectivity index (χ0n) is 16.4. The van der Waals surface area contributed by atoms with Crippen molar-refractivity contribution in [1.82, 2.24) is 20.2 Å². The Kier molecular flexibility index (Phi) is 7.09. The highest BCUT2D eigenvalue weighted by Gasteiger charge is 2.12. The van der Waals surface area contributed by atoms with Crippen LogP contribution >= 0.6 is 0 Å². The van der Waals surface area contributed by atoms with E-state index in [1.54, 1.807) is 13.0 Å². The Balaban J connectivity index is 2.24. The number of aryl methyl sites for hydroxylation is 3. The molecule has 140 valence electrons. The lowest BCUT2D eigenvalue weighted by Crippen LogP contribution is -2.32. The first-order valence-corrected chi connectivity index (χ1v) is 9.11. The van der Waals surface area contributed by atoms with Gasteiger partial charge in [-0.25, -0.2) is 9.97 Å². The van der Waals surface area contributed by atoms with Gasteiger partial charge in [-0.3, -0.25) is 4.79 Å². The first kappa shape index (κ1) is 19.8. The van der Waals surface area contributed by atoms with Gasteiger partial charge in [-0.2, -0.15) is 0 Å². The Morgan fingerprint density at radius 2 is 1.77 bits per heavy atom. The molecule has 6 nitrogen and oxygen atoms in total. The summed E-state index contributed by atoms with van der Waals surface area (Å²) in [6.07, 6.45) is 1.86. The Morgan fingerprint density at radius 3 is 2.35 bits per heavy atom. The number of carbonyl (C=O) groups is 1. The first-order valence-electron chi connectivity index (χ1n) is 9.11. The summed E-state index contributed by atoms with van der Waals surface area (Å²) in [6.45, 7) is 7.43. The fraction of sp³-hybridized carbons (Fsp3) is 0.450. The fourth-order valence-electron chi connectivity index (χ4n) is 2.76. The van der Waals surface area contributed by atoms with Gasteiger partial charge in [0.2, 0.25) is 0 Å². The summed E-state index contributed by atoms with van der Waals surface area (Å²) >= 11 is 0. The number of rotatable bonds is 8. The molecule has 0 aliphatic heterocycles. The number of likely N-dealkylation sites (N-methyl/N-ethyl adjacent to an activating group) is 1. The SMILES string of the molecule is CCc1cccc(CC)c1Nc1cc(C(=O)NCCN(C)C)nc(C)n1. The van der Waals surface area contributed by atoms with Gasteiger partial charge in [-0.05, 0) is 45.0 Å². The number of aromatic nitrogens is 2. The van der Waals surface area contributed by atoms with E-state index in [4.69, 9.17) is 0 Å². The number of amides is 1. The van der Waals surface area contributed by atoms with Gasteiger partial charge in [-0.15, -0.1) is 0 Å². The van der Waals surface area contributed by atoms with Crippen molar-refractivity contribution in [2.45, 2.75) is 33.6 Å². The molecule has 1 aromatic heterocycles. The molecule has 2 N–H and O–H groups in total. The Hall–Kier alpha value is -2.47. The van der Waals surface area contributed by atoms with Crippen molar-refractivity contribution in [2.75, 3.05) is 32.5 Å². The molecule has 0 bridgehead atoms. The highest BCUT2D eigenvalue weighted by molar-refractivity contribution is 5.93. The van der Waals surface area contributed by atoms with E-state index in [-0.39, 0.29) is 5.91 Å². The van der Waals surface area contributed by atoms with Crippen LogP contribution in [0.3, 0.4) is 0 Å². The fourth-order valence-corrected chi connectivity index (χ4v) is 2.76. The number of anilines is 2. The first-order chi connectivity index (χ1) is 12.4. The van der Waals surface area contributed by atoms with Crippen LogP contribution in [0.2, 0.25) is 0 Å². The minimum absolute atomic E-state index is 0.181. The van der Waals surface area contributed by atoms with Gasteiger partial charge in [0.05, 0.1) is 0 Å². The van der Waals surface area contributed by atoms with Crippen molar-refractivity contribution in [1.29, 1.82) is 0 Å². The van der Waals surface area contributed by atoms with Gasteiger partial charge in [0.15, 0.2) is 0 Å². The van der Waals surface area contributed by atoms with Crippen molar-refractivity contribution < 1.29 is 4.79 Å².